The average molecular weight is 390 g/mol. The topological polar surface area (TPSA) is 81.2 Å². The minimum atomic E-state index is -0.282. The molecule has 140 valence electrons. The zero-order valence-electron chi connectivity index (χ0n) is 14.7. The van der Waals surface area contributed by atoms with Gasteiger partial charge in [-0.3, -0.25) is 0 Å². The maximum atomic E-state index is 13.0. The Labute approximate surface area is 160 Å². The average Bonchev–Trinajstić information content (AvgIpc) is 2.69. The molecule has 0 amide bonds. The number of aromatic nitrogens is 3. The van der Waals surface area contributed by atoms with Crippen LogP contribution in [0.2, 0.25) is 5.02 Å². The highest BCUT2D eigenvalue weighted by atomic mass is 35.5. The van der Waals surface area contributed by atoms with Crippen molar-refractivity contribution >= 4 is 29.1 Å². The molecule has 2 aromatic carbocycles. The van der Waals surface area contributed by atoms with Gasteiger partial charge < -0.3 is 20.1 Å². The number of halogens is 2. The molecule has 27 heavy (non-hydrogen) atoms. The Morgan fingerprint density at radius 3 is 2.52 bits per heavy atom. The van der Waals surface area contributed by atoms with Crippen LogP contribution in [0.15, 0.2) is 42.6 Å². The molecule has 0 aliphatic carbocycles. The van der Waals surface area contributed by atoms with E-state index < -0.39 is 0 Å². The second-order valence-electron chi connectivity index (χ2n) is 5.46. The van der Waals surface area contributed by atoms with Crippen molar-refractivity contribution in [2.45, 2.75) is 6.54 Å². The van der Waals surface area contributed by atoms with Crippen LogP contribution in [-0.2, 0) is 6.54 Å². The monoisotopic (exact) mass is 389 g/mol. The second-order valence-corrected chi connectivity index (χ2v) is 5.86. The predicted molar refractivity (Wildman–Crippen MR) is 101 cm³/mol. The summed E-state index contributed by atoms with van der Waals surface area (Å²) >= 11 is 6.11. The van der Waals surface area contributed by atoms with Gasteiger partial charge in [-0.05, 0) is 17.7 Å². The van der Waals surface area contributed by atoms with Crippen molar-refractivity contribution in [1.29, 1.82) is 0 Å². The first-order valence-corrected chi connectivity index (χ1v) is 8.33. The number of nitrogens with one attached hydrogen (secondary N) is 2. The van der Waals surface area contributed by atoms with E-state index in [1.54, 1.807) is 24.3 Å². The number of hydrogen-bond acceptors (Lipinski definition) is 7. The van der Waals surface area contributed by atoms with Gasteiger partial charge in [0, 0.05) is 18.7 Å². The number of nitrogens with zero attached hydrogens (tertiary/aromatic N) is 3. The summed E-state index contributed by atoms with van der Waals surface area (Å²) in [4.78, 5) is 4.35. The Morgan fingerprint density at radius 2 is 1.81 bits per heavy atom. The summed E-state index contributed by atoms with van der Waals surface area (Å²) in [5.74, 6) is 1.52. The van der Waals surface area contributed by atoms with Crippen molar-refractivity contribution in [2.75, 3.05) is 24.9 Å². The quantitative estimate of drug-likeness (QED) is 0.631. The summed E-state index contributed by atoms with van der Waals surface area (Å²) in [5.41, 5.74) is 1.51. The number of anilines is 3. The van der Waals surface area contributed by atoms with Gasteiger partial charge in [-0.1, -0.05) is 23.7 Å². The molecule has 7 nitrogen and oxygen atoms in total. The molecule has 0 radical (unpaired) electrons. The van der Waals surface area contributed by atoms with E-state index in [1.165, 1.54) is 32.5 Å². The number of rotatable bonds is 7. The van der Waals surface area contributed by atoms with E-state index in [0.717, 1.165) is 5.56 Å². The molecule has 3 rings (SSSR count). The molecule has 0 saturated carbocycles. The molecule has 0 aliphatic heterocycles. The van der Waals surface area contributed by atoms with Crippen LogP contribution < -0.4 is 20.1 Å². The normalized spacial score (nSPS) is 10.4. The van der Waals surface area contributed by atoms with E-state index in [9.17, 15) is 4.39 Å². The van der Waals surface area contributed by atoms with Gasteiger partial charge in [0.25, 0.3) is 0 Å². The number of methoxy groups -OCH3 is 2. The third kappa shape index (κ3) is 4.73. The molecule has 0 spiro atoms. The zero-order valence-corrected chi connectivity index (χ0v) is 15.4. The number of hydrogen-bond donors (Lipinski definition) is 2. The van der Waals surface area contributed by atoms with Gasteiger partial charge in [0.1, 0.15) is 17.3 Å². The Hall–Kier alpha value is -3.13. The van der Waals surface area contributed by atoms with Crippen molar-refractivity contribution in [1.82, 2.24) is 15.2 Å². The standard InChI is InChI=1S/C18H17ClFN5O2/c1-26-15-8-14(16(27-2)7-13(15)19)23-17-10-22-25-18(24-17)21-9-11-3-5-12(20)6-4-11/h3-8,10H,9H2,1-2H3,(H2,21,23,24,25). The molecule has 1 heterocycles. The lowest BCUT2D eigenvalue weighted by molar-refractivity contribution is 0.405. The van der Waals surface area contributed by atoms with Gasteiger partial charge in [0.15, 0.2) is 5.82 Å². The molecule has 0 bridgehead atoms. The molecule has 2 N–H and O–H groups in total. The van der Waals surface area contributed by atoms with Crippen LogP contribution >= 0.6 is 11.6 Å². The van der Waals surface area contributed by atoms with Crippen LogP contribution in [0.25, 0.3) is 0 Å². The fraction of sp³-hybridized carbons (Fsp3) is 0.167. The number of benzene rings is 2. The van der Waals surface area contributed by atoms with Gasteiger partial charge in [0.05, 0.1) is 31.1 Å². The van der Waals surface area contributed by atoms with Crippen LogP contribution in [0.5, 0.6) is 11.5 Å². The fourth-order valence-electron chi connectivity index (χ4n) is 2.32. The summed E-state index contributed by atoms with van der Waals surface area (Å²) in [6.45, 7) is 0.434. The van der Waals surface area contributed by atoms with Crippen molar-refractivity contribution in [3.8, 4) is 11.5 Å². The summed E-state index contributed by atoms with van der Waals surface area (Å²) < 4.78 is 23.5. The first-order valence-electron chi connectivity index (χ1n) is 7.95. The molecule has 0 unspecified atom stereocenters. The van der Waals surface area contributed by atoms with Crippen LogP contribution in [-0.4, -0.2) is 29.4 Å². The maximum absolute atomic E-state index is 13.0. The molecule has 9 heteroatoms. The first-order chi connectivity index (χ1) is 13.1. The maximum Gasteiger partial charge on any atom is 0.244 e. The lowest BCUT2D eigenvalue weighted by Gasteiger charge is -2.13. The summed E-state index contributed by atoms with van der Waals surface area (Å²) in [6.07, 6.45) is 1.48. The lowest BCUT2D eigenvalue weighted by atomic mass is 10.2. The summed E-state index contributed by atoms with van der Waals surface area (Å²) in [5, 5.41) is 14.4. The van der Waals surface area contributed by atoms with Crippen molar-refractivity contribution in [2.24, 2.45) is 0 Å². The van der Waals surface area contributed by atoms with E-state index in [2.05, 4.69) is 25.8 Å². The number of ether oxygens (including phenoxy) is 2. The van der Waals surface area contributed by atoms with Gasteiger partial charge in [0.2, 0.25) is 5.95 Å². The fourth-order valence-corrected chi connectivity index (χ4v) is 2.55. The molecule has 0 aliphatic rings. The van der Waals surface area contributed by atoms with Crippen LogP contribution in [0.1, 0.15) is 5.56 Å². The van der Waals surface area contributed by atoms with E-state index >= 15 is 0 Å². The highest BCUT2D eigenvalue weighted by Crippen LogP contribution is 2.37. The SMILES string of the molecule is COc1cc(Nc2cnnc(NCc3ccc(F)cc3)n2)c(OC)cc1Cl. The third-order valence-electron chi connectivity index (χ3n) is 3.66. The van der Waals surface area contributed by atoms with E-state index in [1.807, 2.05) is 0 Å². The molecular formula is C18H17ClFN5O2. The molecule has 0 saturated heterocycles. The minimum absolute atomic E-state index is 0.282. The molecular weight excluding hydrogens is 373 g/mol. The van der Waals surface area contributed by atoms with E-state index in [4.69, 9.17) is 21.1 Å². The Bertz CT molecular complexity index is 924. The van der Waals surface area contributed by atoms with Crippen LogP contribution in [0.3, 0.4) is 0 Å². The molecule has 0 atom stereocenters. The first kappa shape index (κ1) is 18.7. The van der Waals surface area contributed by atoms with E-state index in [-0.39, 0.29) is 5.82 Å². The molecule has 3 aromatic rings. The highest BCUT2D eigenvalue weighted by Gasteiger charge is 2.11. The van der Waals surface area contributed by atoms with Crippen molar-refractivity contribution in [3.63, 3.8) is 0 Å². The lowest BCUT2D eigenvalue weighted by Crippen LogP contribution is -2.06. The Morgan fingerprint density at radius 1 is 1.07 bits per heavy atom. The third-order valence-corrected chi connectivity index (χ3v) is 3.95. The molecule has 0 fully saturated rings. The van der Waals surface area contributed by atoms with Crippen LogP contribution in [0.4, 0.5) is 21.8 Å². The van der Waals surface area contributed by atoms with Gasteiger partial charge in [-0.2, -0.15) is 10.1 Å². The Balaban J connectivity index is 1.75. The van der Waals surface area contributed by atoms with Gasteiger partial charge in [-0.15, -0.1) is 5.10 Å². The van der Waals surface area contributed by atoms with Crippen molar-refractivity contribution < 1.29 is 13.9 Å². The summed E-state index contributed by atoms with van der Waals surface area (Å²) in [7, 11) is 3.07. The van der Waals surface area contributed by atoms with Crippen LogP contribution in [0, 0.1) is 5.82 Å². The minimum Gasteiger partial charge on any atom is -0.495 e. The van der Waals surface area contributed by atoms with Crippen molar-refractivity contribution in [3.05, 3.63) is 59.0 Å². The largest absolute Gasteiger partial charge is 0.495 e. The second kappa shape index (κ2) is 8.50. The predicted octanol–water partition coefficient (Wildman–Crippen LogP) is 4.04. The van der Waals surface area contributed by atoms with E-state index in [0.29, 0.717) is 40.5 Å². The zero-order chi connectivity index (χ0) is 19.2. The Kier molecular flexibility index (Phi) is 5.87. The van der Waals surface area contributed by atoms with Gasteiger partial charge >= 0.3 is 0 Å². The highest BCUT2D eigenvalue weighted by molar-refractivity contribution is 6.32. The smallest absolute Gasteiger partial charge is 0.244 e. The summed E-state index contributed by atoms with van der Waals surface area (Å²) in [6, 6.07) is 9.51. The van der Waals surface area contributed by atoms with Gasteiger partial charge in [-0.25, -0.2) is 4.39 Å². The molecule has 1 aromatic heterocycles.